The number of carbonyl (C=O) groups is 2. The number of carbonyl (C=O) groups excluding carboxylic acids is 1. The third-order valence-corrected chi connectivity index (χ3v) is 2.55. The second kappa shape index (κ2) is 6.07. The molecular weight excluding hydrogens is 256 g/mol. The number of benzene rings is 1. The average molecular weight is 269 g/mol. The van der Waals surface area contributed by atoms with Crippen molar-refractivity contribution in [3.8, 4) is 0 Å². The fourth-order valence-corrected chi connectivity index (χ4v) is 1.61. The van der Waals surface area contributed by atoms with Gasteiger partial charge in [-0.25, -0.2) is 4.79 Å². The normalized spacial score (nSPS) is 10.6. The number of amides is 1. The van der Waals surface area contributed by atoms with Gasteiger partial charge in [-0.05, 0) is 23.8 Å². The predicted octanol–water partition coefficient (Wildman–Crippen LogP) is 1.36. The minimum absolute atomic E-state index is 0.0840. The van der Waals surface area contributed by atoms with Gasteiger partial charge in [-0.3, -0.25) is 4.79 Å². The predicted molar refractivity (Wildman–Crippen MR) is 70.6 cm³/mol. The number of aliphatic carboxylic acids is 1. The molecule has 6 heteroatoms. The van der Waals surface area contributed by atoms with Crippen LogP contribution >= 0.6 is 11.6 Å². The molecule has 0 saturated heterocycles. The summed E-state index contributed by atoms with van der Waals surface area (Å²) in [7, 11) is 1.71. The van der Waals surface area contributed by atoms with Crippen molar-refractivity contribution < 1.29 is 14.7 Å². The summed E-state index contributed by atoms with van der Waals surface area (Å²) < 4.78 is 0. The van der Waals surface area contributed by atoms with E-state index >= 15 is 0 Å². The highest BCUT2D eigenvalue weighted by Gasteiger charge is 2.06. The van der Waals surface area contributed by atoms with Gasteiger partial charge >= 0.3 is 5.97 Å². The Hall–Kier alpha value is -2.01. The van der Waals surface area contributed by atoms with Crippen LogP contribution in [0.2, 0.25) is 5.02 Å². The number of anilines is 1. The van der Waals surface area contributed by atoms with Gasteiger partial charge < -0.3 is 15.7 Å². The van der Waals surface area contributed by atoms with Crippen LogP contribution in [-0.2, 0) is 9.59 Å². The summed E-state index contributed by atoms with van der Waals surface area (Å²) in [5.74, 6) is -1.48. The Labute approximate surface area is 109 Å². The Morgan fingerprint density at radius 2 is 2.17 bits per heavy atom. The summed E-state index contributed by atoms with van der Waals surface area (Å²) in [6, 6.07) is 5.05. The lowest BCUT2D eigenvalue weighted by atomic mass is 10.2. The maximum absolute atomic E-state index is 10.8. The Morgan fingerprint density at radius 3 is 2.67 bits per heavy atom. The largest absolute Gasteiger partial charge is 0.478 e. The van der Waals surface area contributed by atoms with E-state index in [4.69, 9.17) is 22.4 Å². The van der Waals surface area contributed by atoms with E-state index in [-0.39, 0.29) is 6.54 Å². The molecule has 0 saturated carbocycles. The van der Waals surface area contributed by atoms with Gasteiger partial charge in [0, 0.05) is 23.8 Å². The number of halogens is 1. The highest BCUT2D eigenvalue weighted by molar-refractivity contribution is 6.32. The number of primary amides is 1. The summed E-state index contributed by atoms with van der Waals surface area (Å²) in [6.07, 6.45) is 2.41. The molecule has 0 aliphatic carbocycles. The molecule has 0 fully saturated rings. The summed E-state index contributed by atoms with van der Waals surface area (Å²) in [5, 5.41) is 8.92. The van der Waals surface area contributed by atoms with Crippen molar-refractivity contribution in [1.29, 1.82) is 0 Å². The first-order chi connectivity index (χ1) is 8.40. The van der Waals surface area contributed by atoms with Gasteiger partial charge in [0.1, 0.15) is 0 Å². The number of hydrogen-bond acceptors (Lipinski definition) is 3. The van der Waals surface area contributed by atoms with Crippen molar-refractivity contribution in [3.63, 3.8) is 0 Å². The third-order valence-electron chi connectivity index (χ3n) is 2.22. The second-order valence-electron chi connectivity index (χ2n) is 3.70. The molecule has 18 heavy (non-hydrogen) atoms. The Morgan fingerprint density at radius 1 is 1.50 bits per heavy atom. The third kappa shape index (κ3) is 4.10. The highest BCUT2D eigenvalue weighted by atomic mass is 35.5. The van der Waals surface area contributed by atoms with Crippen LogP contribution in [0.15, 0.2) is 24.3 Å². The van der Waals surface area contributed by atoms with Crippen LogP contribution in [0.1, 0.15) is 5.56 Å². The molecule has 96 valence electrons. The molecule has 0 aromatic heterocycles. The average Bonchev–Trinajstić information content (AvgIpc) is 2.26. The molecule has 1 amide bonds. The zero-order chi connectivity index (χ0) is 13.7. The van der Waals surface area contributed by atoms with Crippen molar-refractivity contribution in [3.05, 3.63) is 34.9 Å². The standard InChI is InChI=1S/C12H13ClN2O3/c1-15(7-11(14)16)9-4-2-8(10(13)6-9)3-5-12(17)18/h2-6H,7H2,1H3,(H2,14,16)(H,17,18)/b5-3+. The van der Waals surface area contributed by atoms with Gasteiger partial charge in [-0.2, -0.15) is 0 Å². The van der Waals surface area contributed by atoms with E-state index in [1.54, 1.807) is 30.1 Å². The summed E-state index contributed by atoms with van der Waals surface area (Å²) in [5.41, 5.74) is 6.41. The first-order valence-electron chi connectivity index (χ1n) is 5.10. The topological polar surface area (TPSA) is 83.6 Å². The summed E-state index contributed by atoms with van der Waals surface area (Å²) >= 11 is 6.01. The maximum atomic E-state index is 10.8. The molecule has 0 aliphatic heterocycles. The molecule has 0 unspecified atom stereocenters. The number of nitrogens with zero attached hydrogens (tertiary/aromatic N) is 1. The molecular formula is C12H13ClN2O3. The molecule has 1 aromatic carbocycles. The summed E-state index contributed by atoms with van der Waals surface area (Å²) in [6.45, 7) is 0.0840. The first-order valence-corrected chi connectivity index (χ1v) is 5.48. The van der Waals surface area contributed by atoms with Crippen molar-refractivity contribution in [2.75, 3.05) is 18.5 Å². The van der Waals surface area contributed by atoms with Gasteiger partial charge in [0.25, 0.3) is 0 Å². The first kappa shape index (κ1) is 14.1. The van der Waals surface area contributed by atoms with E-state index in [0.717, 1.165) is 11.8 Å². The van der Waals surface area contributed by atoms with Crippen LogP contribution in [0, 0.1) is 0 Å². The molecule has 0 bridgehead atoms. The number of hydrogen-bond donors (Lipinski definition) is 2. The Kier molecular flexibility index (Phi) is 4.74. The fourth-order valence-electron chi connectivity index (χ4n) is 1.37. The quantitative estimate of drug-likeness (QED) is 0.790. The van der Waals surface area contributed by atoms with Crippen LogP contribution in [0.5, 0.6) is 0 Å². The molecule has 0 aliphatic rings. The fraction of sp³-hybridized carbons (Fsp3) is 0.167. The number of rotatable bonds is 5. The van der Waals surface area contributed by atoms with Gasteiger partial charge in [0.15, 0.2) is 0 Å². The molecule has 0 atom stereocenters. The van der Waals surface area contributed by atoms with E-state index in [0.29, 0.717) is 10.6 Å². The van der Waals surface area contributed by atoms with E-state index < -0.39 is 11.9 Å². The van der Waals surface area contributed by atoms with Crippen LogP contribution in [0.25, 0.3) is 6.08 Å². The molecule has 0 radical (unpaired) electrons. The molecule has 1 aromatic rings. The lowest BCUT2D eigenvalue weighted by molar-refractivity contribution is -0.131. The number of carboxylic acid groups (broad SMARTS) is 1. The number of nitrogens with two attached hydrogens (primary N) is 1. The van der Waals surface area contributed by atoms with Crippen LogP contribution in [0.3, 0.4) is 0 Å². The van der Waals surface area contributed by atoms with Crippen LogP contribution in [0.4, 0.5) is 5.69 Å². The van der Waals surface area contributed by atoms with Crippen molar-refractivity contribution in [2.45, 2.75) is 0 Å². The van der Waals surface area contributed by atoms with E-state index in [1.165, 1.54) is 6.08 Å². The number of carboxylic acids is 1. The van der Waals surface area contributed by atoms with E-state index in [9.17, 15) is 9.59 Å². The maximum Gasteiger partial charge on any atom is 0.328 e. The lowest BCUT2D eigenvalue weighted by Crippen LogP contribution is -2.30. The van der Waals surface area contributed by atoms with Gasteiger partial charge in [0.2, 0.25) is 5.91 Å². The number of likely N-dealkylation sites (N-methyl/N-ethyl adjacent to an activating group) is 1. The van der Waals surface area contributed by atoms with Crippen LogP contribution in [-0.4, -0.2) is 30.6 Å². The van der Waals surface area contributed by atoms with Crippen molar-refractivity contribution in [2.24, 2.45) is 5.73 Å². The zero-order valence-corrected chi connectivity index (χ0v) is 10.5. The summed E-state index contributed by atoms with van der Waals surface area (Å²) in [4.78, 5) is 22.8. The molecule has 0 heterocycles. The van der Waals surface area contributed by atoms with E-state index in [2.05, 4.69) is 0 Å². The second-order valence-corrected chi connectivity index (χ2v) is 4.11. The monoisotopic (exact) mass is 268 g/mol. The van der Waals surface area contributed by atoms with Crippen molar-refractivity contribution >= 4 is 35.2 Å². The van der Waals surface area contributed by atoms with Gasteiger partial charge in [-0.1, -0.05) is 17.7 Å². The van der Waals surface area contributed by atoms with Gasteiger partial charge in [-0.15, -0.1) is 0 Å². The van der Waals surface area contributed by atoms with Crippen molar-refractivity contribution in [1.82, 2.24) is 0 Å². The SMILES string of the molecule is CN(CC(N)=O)c1ccc(/C=C/C(=O)O)c(Cl)c1. The van der Waals surface area contributed by atoms with Crippen LogP contribution < -0.4 is 10.6 Å². The molecule has 3 N–H and O–H groups in total. The lowest BCUT2D eigenvalue weighted by Gasteiger charge is -2.17. The molecule has 1 rings (SSSR count). The smallest absolute Gasteiger partial charge is 0.328 e. The highest BCUT2D eigenvalue weighted by Crippen LogP contribution is 2.24. The van der Waals surface area contributed by atoms with E-state index in [1.807, 2.05) is 0 Å². The minimum atomic E-state index is -1.04. The Balaban J connectivity index is 2.91. The molecule has 0 spiro atoms. The Bertz CT molecular complexity index is 500. The zero-order valence-electron chi connectivity index (χ0n) is 9.76. The molecule has 5 nitrogen and oxygen atoms in total. The minimum Gasteiger partial charge on any atom is -0.478 e. The van der Waals surface area contributed by atoms with Gasteiger partial charge in [0.05, 0.1) is 6.54 Å².